The smallest absolute Gasteiger partial charge is 0.419 e. The van der Waals surface area contributed by atoms with Gasteiger partial charge in [0.1, 0.15) is 11.4 Å². The van der Waals surface area contributed by atoms with Crippen LogP contribution in [0, 0.1) is 5.82 Å². The molecule has 1 heterocycles. The number of likely N-dealkylation sites (tertiary alicyclic amines) is 1. The van der Waals surface area contributed by atoms with Crippen LogP contribution in [-0.2, 0) is 16.5 Å². The second-order valence-corrected chi connectivity index (χ2v) is 8.63. The Balaban J connectivity index is 1.68. The molecule has 2 aliphatic rings. The third-order valence-electron chi connectivity index (χ3n) is 5.26. The van der Waals surface area contributed by atoms with Gasteiger partial charge in [-0.05, 0) is 64.2 Å². The first-order valence-corrected chi connectivity index (χ1v) is 9.53. The Labute approximate surface area is 162 Å². The number of alkyl halides is 3. The van der Waals surface area contributed by atoms with Crippen molar-refractivity contribution in [1.82, 2.24) is 10.2 Å². The van der Waals surface area contributed by atoms with Gasteiger partial charge in [-0.3, -0.25) is 0 Å². The molecule has 28 heavy (non-hydrogen) atoms. The van der Waals surface area contributed by atoms with Gasteiger partial charge in [0, 0.05) is 24.7 Å². The first kappa shape index (κ1) is 20.9. The zero-order chi connectivity index (χ0) is 20.7. The summed E-state index contributed by atoms with van der Waals surface area (Å²) >= 11 is 0. The Hall–Kier alpha value is -1.83. The van der Waals surface area contributed by atoms with E-state index in [4.69, 9.17) is 4.74 Å². The predicted octanol–water partition coefficient (Wildman–Crippen LogP) is 4.82. The highest BCUT2D eigenvalue weighted by Crippen LogP contribution is 2.47. The summed E-state index contributed by atoms with van der Waals surface area (Å²) in [4.78, 5) is 14.1. The zero-order valence-corrected chi connectivity index (χ0v) is 16.3. The van der Waals surface area contributed by atoms with Crippen molar-refractivity contribution in [2.75, 3.05) is 13.1 Å². The molecule has 0 radical (unpaired) electrons. The molecule has 2 fully saturated rings. The van der Waals surface area contributed by atoms with Crippen LogP contribution in [0.15, 0.2) is 18.2 Å². The van der Waals surface area contributed by atoms with Gasteiger partial charge in [-0.2, -0.15) is 13.2 Å². The van der Waals surface area contributed by atoms with Gasteiger partial charge < -0.3 is 15.0 Å². The highest BCUT2D eigenvalue weighted by Gasteiger charge is 2.46. The van der Waals surface area contributed by atoms with Crippen molar-refractivity contribution in [3.05, 3.63) is 35.1 Å². The maximum atomic E-state index is 13.6. The quantitative estimate of drug-likeness (QED) is 0.734. The number of carbonyl (C=O) groups is 1. The highest BCUT2D eigenvalue weighted by atomic mass is 19.4. The maximum Gasteiger partial charge on any atom is 0.419 e. The van der Waals surface area contributed by atoms with Crippen molar-refractivity contribution in [2.24, 2.45) is 0 Å². The molecule has 8 heteroatoms. The summed E-state index contributed by atoms with van der Waals surface area (Å²) in [5, 5.41) is 3.33. The number of ether oxygens (including phenoxy) is 1. The van der Waals surface area contributed by atoms with Gasteiger partial charge in [-0.1, -0.05) is 6.07 Å². The number of hydrogen-bond donors (Lipinski definition) is 1. The van der Waals surface area contributed by atoms with Crippen molar-refractivity contribution in [3.8, 4) is 0 Å². The number of benzene rings is 1. The number of nitrogens with one attached hydrogen (secondary N) is 1. The standard InChI is InChI=1S/C20H26F4N2O2/c1-18(2,3)28-17(27)26-10-4-5-14(26)12-25-19(8-9-19)13-6-7-16(21)15(11-13)20(22,23)24/h6-7,11,14,25H,4-5,8-10,12H2,1-3H3/t14-/m0/s1. The van der Waals surface area contributed by atoms with Crippen LogP contribution < -0.4 is 5.32 Å². The number of halogens is 4. The van der Waals surface area contributed by atoms with E-state index in [1.807, 2.05) is 0 Å². The number of carbonyl (C=O) groups excluding carboxylic acids is 1. The lowest BCUT2D eigenvalue weighted by molar-refractivity contribution is -0.140. The van der Waals surface area contributed by atoms with E-state index in [1.165, 1.54) is 6.07 Å². The lowest BCUT2D eigenvalue weighted by atomic mass is 10.0. The molecule has 1 aliphatic carbocycles. The van der Waals surface area contributed by atoms with E-state index in [-0.39, 0.29) is 12.1 Å². The molecule has 1 saturated heterocycles. The second-order valence-electron chi connectivity index (χ2n) is 8.63. The summed E-state index contributed by atoms with van der Waals surface area (Å²) in [6, 6.07) is 3.11. The number of rotatable bonds is 4. The first-order chi connectivity index (χ1) is 12.9. The largest absolute Gasteiger partial charge is 0.444 e. The minimum Gasteiger partial charge on any atom is -0.444 e. The third kappa shape index (κ3) is 4.59. The molecular formula is C20H26F4N2O2. The molecule has 3 rings (SSSR count). The Morgan fingerprint density at radius 3 is 2.54 bits per heavy atom. The topological polar surface area (TPSA) is 41.6 Å². The monoisotopic (exact) mass is 402 g/mol. The van der Waals surface area contributed by atoms with Gasteiger partial charge in [0.2, 0.25) is 0 Å². The zero-order valence-electron chi connectivity index (χ0n) is 16.3. The van der Waals surface area contributed by atoms with Crippen molar-refractivity contribution in [3.63, 3.8) is 0 Å². The first-order valence-electron chi connectivity index (χ1n) is 9.53. The lowest BCUT2D eigenvalue weighted by Gasteiger charge is -2.30. The second kappa shape index (κ2) is 7.21. The van der Waals surface area contributed by atoms with Crippen LogP contribution in [0.2, 0.25) is 0 Å². The Morgan fingerprint density at radius 2 is 1.96 bits per heavy atom. The van der Waals surface area contributed by atoms with E-state index in [9.17, 15) is 22.4 Å². The van der Waals surface area contributed by atoms with Crippen LogP contribution in [-0.4, -0.2) is 35.7 Å². The van der Waals surface area contributed by atoms with E-state index in [0.29, 0.717) is 31.5 Å². The van der Waals surface area contributed by atoms with Crippen LogP contribution >= 0.6 is 0 Å². The van der Waals surface area contributed by atoms with Gasteiger partial charge in [-0.25, -0.2) is 9.18 Å². The average molecular weight is 402 g/mol. The van der Waals surface area contributed by atoms with E-state index in [0.717, 1.165) is 25.0 Å². The van der Waals surface area contributed by atoms with Crippen LogP contribution in [0.5, 0.6) is 0 Å². The number of hydrogen-bond acceptors (Lipinski definition) is 3. The summed E-state index contributed by atoms with van der Waals surface area (Å²) in [6.45, 7) is 6.47. The molecule has 4 nitrogen and oxygen atoms in total. The van der Waals surface area contributed by atoms with Gasteiger partial charge >= 0.3 is 12.3 Å². The van der Waals surface area contributed by atoms with Crippen LogP contribution in [0.4, 0.5) is 22.4 Å². The molecule has 0 aromatic heterocycles. The third-order valence-corrected chi connectivity index (χ3v) is 5.26. The summed E-state index contributed by atoms with van der Waals surface area (Å²) in [6.07, 6.45) is -2.09. The number of amides is 1. The fourth-order valence-corrected chi connectivity index (χ4v) is 3.65. The minimum atomic E-state index is -4.73. The molecule has 0 spiro atoms. The minimum absolute atomic E-state index is 0.0742. The van der Waals surface area contributed by atoms with Crippen molar-refractivity contribution in [1.29, 1.82) is 0 Å². The molecule has 0 unspecified atom stereocenters. The highest BCUT2D eigenvalue weighted by molar-refractivity contribution is 5.69. The average Bonchev–Trinajstić information content (AvgIpc) is 3.19. The summed E-state index contributed by atoms with van der Waals surface area (Å²) in [5.41, 5.74) is -1.98. The summed E-state index contributed by atoms with van der Waals surface area (Å²) < 4.78 is 58.1. The molecule has 0 bridgehead atoms. The van der Waals surface area contributed by atoms with E-state index in [1.54, 1.807) is 25.7 Å². The van der Waals surface area contributed by atoms with Gasteiger partial charge in [0.25, 0.3) is 0 Å². The lowest BCUT2D eigenvalue weighted by Crippen LogP contribution is -2.46. The molecule has 1 aliphatic heterocycles. The molecule has 1 aromatic carbocycles. The number of nitrogens with zero attached hydrogens (tertiary/aromatic N) is 1. The van der Waals surface area contributed by atoms with E-state index < -0.39 is 28.7 Å². The van der Waals surface area contributed by atoms with Crippen molar-refractivity contribution < 1.29 is 27.1 Å². The van der Waals surface area contributed by atoms with Crippen LogP contribution in [0.1, 0.15) is 57.6 Å². The fraction of sp³-hybridized carbons (Fsp3) is 0.650. The Morgan fingerprint density at radius 1 is 1.29 bits per heavy atom. The van der Waals surface area contributed by atoms with Gasteiger partial charge in [0.15, 0.2) is 0 Å². The summed E-state index contributed by atoms with van der Waals surface area (Å²) in [5.74, 6) is -1.26. The van der Waals surface area contributed by atoms with Crippen LogP contribution in [0.25, 0.3) is 0 Å². The van der Waals surface area contributed by atoms with Crippen molar-refractivity contribution in [2.45, 2.75) is 69.8 Å². The molecular weight excluding hydrogens is 376 g/mol. The molecule has 1 aromatic rings. The maximum absolute atomic E-state index is 13.6. The van der Waals surface area contributed by atoms with Crippen molar-refractivity contribution >= 4 is 6.09 Å². The fourth-order valence-electron chi connectivity index (χ4n) is 3.65. The molecule has 1 N–H and O–H groups in total. The molecule has 1 atom stereocenters. The van der Waals surface area contributed by atoms with E-state index in [2.05, 4.69) is 5.32 Å². The Kier molecular flexibility index (Phi) is 5.38. The molecule has 156 valence electrons. The predicted molar refractivity (Wildman–Crippen MR) is 96.3 cm³/mol. The normalized spacial score (nSPS) is 21.7. The molecule has 1 saturated carbocycles. The van der Waals surface area contributed by atoms with E-state index >= 15 is 0 Å². The van der Waals surface area contributed by atoms with Gasteiger partial charge in [-0.15, -0.1) is 0 Å². The van der Waals surface area contributed by atoms with Gasteiger partial charge in [0.05, 0.1) is 5.56 Å². The molecule has 1 amide bonds. The Bertz CT molecular complexity index is 739. The SMILES string of the molecule is CC(C)(C)OC(=O)N1CCC[C@H]1CNC1(c2ccc(F)c(C(F)(F)F)c2)CC1. The van der Waals surface area contributed by atoms with Crippen LogP contribution in [0.3, 0.4) is 0 Å². The summed E-state index contributed by atoms with van der Waals surface area (Å²) in [7, 11) is 0.